The van der Waals surface area contributed by atoms with Gasteiger partial charge in [0.2, 0.25) is 5.91 Å². The number of pyridine rings is 1. The van der Waals surface area contributed by atoms with Gasteiger partial charge in [-0.05, 0) is 50.2 Å². The highest BCUT2D eigenvalue weighted by Crippen LogP contribution is 2.47. The van der Waals surface area contributed by atoms with Crippen molar-refractivity contribution < 1.29 is 9.32 Å². The standard InChI is InChI=1S/C21H26N4O2/c26-19(17-2-1-3-17)25-12-8-21(9-13-25,14-15-4-5-15)20-23-18(27-24-20)16-6-10-22-11-7-16/h6-7,10-11,15,17H,1-5,8-9,12-14H2. The average Bonchev–Trinajstić information content (AvgIpc) is 3.32. The number of hydrogen-bond acceptors (Lipinski definition) is 5. The third-order valence-electron chi connectivity index (χ3n) is 6.69. The van der Waals surface area contributed by atoms with Gasteiger partial charge in [-0.15, -0.1) is 0 Å². The lowest BCUT2D eigenvalue weighted by Crippen LogP contribution is -2.48. The fourth-order valence-corrected chi connectivity index (χ4v) is 4.51. The van der Waals surface area contributed by atoms with Gasteiger partial charge in [0.05, 0.1) is 0 Å². The molecule has 0 atom stereocenters. The fraction of sp³-hybridized carbons (Fsp3) is 0.619. The molecular formula is C21H26N4O2. The molecule has 27 heavy (non-hydrogen) atoms. The second-order valence-corrected chi connectivity index (χ2v) is 8.54. The Morgan fingerprint density at radius 1 is 1.15 bits per heavy atom. The van der Waals surface area contributed by atoms with Crippen LogP contribution in [0.25, 0.3) is 11.5 Å². The number of carbonyl (C=O) groups excluding carboxylic acids is 1. The maximum atomic E-state index is 12.6. The number of piperidine rings is 1. The van der Waals surface area contributed by atoms with Crippen molar-refractivity contribution in [3.8, 4) is 11.5 Å². The van der Waals surface area contributed by atoms with Crippen LogP contribution in [0, 0.1) is 11.8 Å². The molecule has 0 aromatic carbocycles. The molecule has 2 aromatic heterocycles. The maximum absolute atomic E-state index is 12.6. The van der Waals surface area contributed by atoms with Crippen LogP contribution in [-0.2, 0) is 10.2 Å². The largest absolute Gasteiger partial charge is 0.342 e. The van der Waals surface area contributed by atoms with Gasteiger partial charge in [0.15, 0.2) is 5.82 Å². The Labute approximate surface area is 159 Å². The number of hydrogen-bond donors (Lipinski definition) is 0. The molecule has 1 amide bonds. The Hall–Kier alpha value is -2.24. The number of rotatable bonds is 5. The SMILES string of the molecule is O=C(C1CCC1)N1CCC(CC2CC2)(c2noc(-c3ccncc3)n2)CC1. The minimum atomic E-state index is -0.0493. The summed E-state index contributed by atoms with van der Waals surface area (Å²) >= 11 is 0. The van der Waals surface area contributed by atoms with Crippen LogP contribution < -0.4 is 0 Å². The Bertz CT molecular complexity index is 803. The summed E-state index contributed by atoms with van der Waals surface area (Å²) in [4.78, 5) is 23.5. The van der Waals surface area contributed by atoms with Gasteiger partial charge in [-0.25, -0.2) is 0 Å². The van der Waals surface area contributed by atoms with Crippen molar-refractivity contribution >= 4 is 5.91 Å². The molecule has 3 fully saturated rings. The zero-order valence-electron chi connectivity index (χ0n) is 15.6. The van der Waals surface area contributed by atoms with Crippen LogP contribution in [-0.4, -0.2) is 39.0 Å². The molecule has 0 bridgehead atoms. The van der Waals surface area contributed by atoms with Crippen LogP contribution in [0.3, 0.4) is 0 Å². The lowest BCUT2D eigenvalue weighted by atomic mass is 9.73. The lowest BCUT2D eigenvalue weighted by Gasteiger charge is -2.42. The summed E-state index contributed by atoms with van der Waals surface area (Å²) in [6.45, 7) is 1.64. The Kier molecular flexibility index (Phi) is 4.21. The molecule has 3 heterocycles. The van der Waals surface area contributed by atoms with Gasteiger partial charge in [-0.2, -0.15) is 4.98 Å². The minimum absolute atomic E-state index is 0.0493. The number of nitrogens with zero attached hydrogens (tertiary/aromatic N) is 4. The van der Waals surface area contributed by atoms with E-state index in [-0.39, 0.29) is 11.3 Å². The molecule has 0 unspecified atom stereocenters. The molecule has 5 rings (SSSR count). The molecule has 0 N–H and O–H groups in total. The highest BCUT2D eigenvalue weighted by molar-refractivity contribution is 5.79. The second kappa shape index (κ2) is 6.73. The van der Waals surface area contributed by atoms with E-state index in [2.05, 4.69) is 15.0 Å². The summed E-state index contributed by atoms with van der Waals surface area (Å²) in [5.74, 6) is 2.82. The van der Waals surface area contributed by atoms with Gasteiger partial charge in [0.25, 0.3) is 5.89 Å². The predicted octanol–water partition coefficient (Wildman–Crippen LogP) is 3.59. The van der Waals surface area contributed by atoms with Gasteiger partial charge < -0.3 is 9.42 Å². The molecule has 6 nitrogen and oxygen atoms in total. The summed E-state index contributed by atoms with van der Waals surface area (Å²) in [7, 11) is 0. The highest BCUT2D eigenvalue weighted by atomic mass is 16.5. The topological polar surface area (TPSA) is 72.1 Å². The van der Waals surface area contributed by atoms with Crippen LogP contribution in [0.5, 0.6) is 0 Å². The van der Waals surface area contributed by atoms with Crippen LogP contribution >= 0.6 is 0 Å². The van der Waals surface area contributed by atoms with Crippen molar-refractivity contribution in [1.82, 2.24) is 20.0 Å². The average molecular weight is 366 g/mol. The number of likely N-dealkylation sites (tertiary alicyclic amines) is 1. The summed E-state index contributed by atoms with van der Waals surface area (Å²) < 4.78 is 5.60. The van der Waals surface area contributed by atoms with E-state index in [1.54, 1.807) is 12.4 Å². The van der Waals surface area contributed by atoms with E-state index >= 15 is 0 Å². The molecule has 3 aliphatic rings. The van der Waals surface area contributed by atoms with Crippen LogP contribution in [0.1, 0.15) is 57.2 Å². The Morgan fingerprint density at radius 3 is 2.52 bits per heavy atom. The van der Waals surface area contributed by atoms with E-state index in [9.17, 15) is 4.79 Å². The summed E-state index contributed by atoms with van der Waals surface area (Å²) in [6, 6.07) is 3.79. The van der Waals surface area contributed by atoms with E-state index in [0.717, 1.165) is 62.5 Å². The van der Waals surface area contributed by atoms with Crippen LogP contribution in [0.2, 0.25) is 0 Å². The number of carbonyl (C=O) groups is 1. The van der Waals surface area contributed by atoms with Gasteiger partial charge in [-0.3, -0.25) is 9.78 Å². The van der Waals surface area contributed by atoms with Crippen LogP contribution in [0.15, 0.2) is 29.0 Å². The van der Waals surface area contributed by atoms with Crippen molar-refractivity contribution in [2.24, 2.45) is 11.8 Å². The zero-order chi connectivity index (χ0) is 18.3. The van der Waals surface area contributed by atoms with Gasteiger partial charge >= 0.3 is 0 Å². The van der Waals surface area contributed by atoms with E-state index < -0.39 is 0 Å². The Balaban J connectivity index is 1.35. The molecule has 2 saturated carbocycles. The third-order valence-corrected chi connectivity index (χ3v) is 6.69. The van der Waals surface area contributed by atoms with E-state index in [1.165, 1.54) is 19.3 Å². The molecule has 0 spiro atoms. The monoisotopic (exact) mass is 366 g/mol. The molecule has 2 aromatic rings. The molecule has 6 heteroatoms. The highest BCUT2D eigenvalue weighted by Gasteiger charge is 2.45. The smallest absolute Gasteiger partial charge is 0.258 e. The number of aromatic nitrogens is 3. The molecule has 142 valence electrons. The maximum Gasteiger partial charge on any atom is 0.258 e. The first-order valence-electron chi connectivity index (χ1n) is 10.3. The summed E-state index contributed by atoms with van der Waals surface area (Å²) in [6.07, 6.45) is 12.4. The number of amides is 1. The van der Waals surface area contributed by atoms with Crippen LogP contribution in [0.4, 0.5) is 0 Å². The van der Waals surface area contributed by atoms with Gasteiger partial charge in [0, 0.05) is 42.4 Å². The van der Waals surface area contributed by atoms with E-state index in [0.29, 0.717) is 11.8 Å². The van der Waals surface area contributed by atoms with E-state index in [1.807, 2.05) is 12.1 Å². The summed E-state index contributed by atoms with van der Waals surface area (Å²) in [5, 5.41) is 4.39. The molecule has 2 aliphatic carbocycles. The molecule has 0 radical (unpaired) electrons. The first-order chi connectivity index (χ1) is 13.2. The third kappa shape index (κ3) is 3.26. The zero-order valence-corrected chi connectivity index (χ0v) is 15.6. The van der Waals surface area contributed by atoms with Gasteiger partial charge in [-0.1, -0.05) is 24.4 Å². The first-order valence-corrected chi connectivity index (χ1v) is 10.3. The van der Waals surface area contributed by atoms with Gasteiger partial charge in [0.1, 0.15) is 0 Å². The summed E-state index contributed by atoms with van der Waals surface area (Å²) in [5.41, 5.74) is 0.856. The predicted molar refractivity (Wildman–Crippen MR) is 99.7 cm³/mol. The van der Waals surface area contributed by atoms with Crippen molar-refractivity contribution in [3.05, 3.63) is 30.4 Å². The quantitative estimate of drug-likeness (QED) is 0.808. The van der Waals surface area contributed by atoms with Crippen molar-refractivity contribution in [2.45, 2.75) is 56.8 Å². The molecule has 1 saturated heterocycles. The minimum Gasteiger partial charge on any atom is -0.342 e. The normalized spacial score (nSPS) is 22.4. The second-order valence-electron chi connectivity index (χ2n) is 8.54. The Morgan fingerprint density at radius 2 is 1.89 bits per heavy atom. The first kappa shape index (κ1) is 16.9. The van der Waals surface area contributed by atoms with E-state index in [4.69, 9.17) is 9.51 Å². The fourth-order valence-electron chi connectivity index (χ4n) is 4.51. The lowest BCUT2D eigenvalue weighted by molar-refractivity contribution is -0.140. The molecular weight excluding hydrogens is 340 g/mol. The molecule has 1 aliphatic heterocycles. The van der Waals surface area contributed by atoms with Crippen molar-refractivity contribution in [1.29, 1.82) is 0 Å². The van der Waals surface area contributed by atoms with Crippen molar-refractivity contribution in [3.63, 3.8) is 0 Å². The van der Waals surface area contributed by atoms with Crippen molar-refractivity contribution in [2.75, 3.05) is 13.1 Å².